The zero-order chi connectivity index (χ0) is 10.9. The van der Waals surface area contributed by atoms with Gasteiger partial charge in [-0.05, 0) is 0 Å². The fraction of sp³-hybridized carbons (Fsp3) is 0.875. The van der Waals surface area contributed by atoms with E-state index in [1.165, 1.54) is 0 Å². The lowest BCUT2D eigenvalue weighted by Gasteiger charge is -2.42. The highest BCUT2D eigenvalue weighted by molar-refractivity contribution is 6.89. The van der Waals surface area contributed by atoms with E-state index < -0.39 is 16.5 Å². The first-order chi connectivity index (χ1) is 5.55. The van der Waals surface area contributed by atoms with Crippen LogP contribution >= 0.6 is 0 Å². The molecule has 0 aromatic rings. The molecule has 78 valence electrons. The molecular weight excluding hydrogens is 196 g/mol. The van der Waals surface area contributed by atoms with Crippen LogP contribution < -0.4 is 5.43 Å². The molecule has 0 aliphatic rings. The van der Waals surface area contributed by atoms with Crippen molar-refractivity contribution in [2.45, 2.75) is 46.2 Å². The standard InChI is InChI=1S/C8H22N2OSi2/c1-8(11)9-10(12(2,3)4)13(5,6)7/h1-7H3,(H,9,11). The Morgan fingerprint density at radius 2 is 1.31 bits per heavy atom. The second-order valence-electron chi connectivity index (χ2n) is 5.35. The highest BCUT2D eigenvalue weighted by Gasteiger charge is 2.35. The molecule has 1 amide bonds. The molecule has 1 N–H and O–H groups in total. The van der Waals surface area contributed by atoms with Crippen molar-refractivity contribution in [2.24, 2.45) is 0 Å². The normalized spacial score (nSPS) is 13.2. The summed E-state index contributed by atoms with van der Waals surface area (Å²) in [7, 11) is -2.84. The third kappa shape index (κ3) is 4.59. The summed E-state index contributed by atoms with van der Waals surface area (Å²) in [5.74, 6) is 0.0462. The Morgan fingerprint density at radius 1 is 1.00 bits per heavy atom. The van der Waals surface area contributed by atoms with Crippen molar-refractivity contribution in [1.29, 1.82) is 0 Å². The van der Waals surface area contributed by atoms with Crippen molar-refractivity contribution >= 4 is 22.4 Å². The molecule has 0 radical (unpaired) electrons. The number of hydrogen-bond acceptors (Lipinski definition) is 2. The van der Waals surface area contributed by atoms with Crippen LogP contribution in [0.5, 0.6) is 0 Å². The second kappa shape index (κ2) is 3.93. The van der Waals surface area contributed by atoms with Crippen molar-refractivity contribution in [3.8, 4) is 0 Å². The number of amides is 1. The molecule has 0 unspecified atom stereocenters. The van der Waals surface area contributed by atoms with E-state index in [0.717, 1.165) is 0 Å². The van der Waals surface area contributed by atoms with Crippen LogP contribution in [0.15, 0.2) is 0 Å². The molecule has 13 heavy (non-hydrogen) atoms. The van der Waals surface area contributed by atoms with Crippen LogP contribution in [-0.2, 0) is 4.79 Å². The van der Waals surface area contributed by atoms with E-state index in [1.807, 2.05) is 0 Å². The number of rotatable bonds is 3. The zero-order valence-corrected chi connectivity index (χ0v) is 11.9. The van der Waals surface area contributed by atoms with E-state index in [4.69, 9.17) is 0 Å². The highest BCUT2D eigenvalue weighted by atomic mass is 28.4. The smallest absolute Gasteiger partial charge is 0.230 e. The van der Waals surface area contributed by atoms with Crippen molar-refractivity contribution in [3.05, 3.63) is 0 Å². The first-order valence-electron chi connectivity index (χ1n) is 4.62. The quantitative estimate of drug-likeness (QED) is 0.580. The van der Waals surface area contributed by atoms with Gasteiger partial charge in [0.05, 0.1) is 0 Å². The van der Waals surface area contributed by atoms with Gasteiger partial charge >= 0.3 is 0 Å². The summed E-state index contributed by atoms with van der Waals surface area (Å²) in [6.07, 6.45) is 0. The summed E-state index contributed by atoms with van der Waals surface area (Å²) in [6, 6.07) is 0. The lowest BCUT2D eigenvalue weighted by molar-refractivity contribution is -0.121. The summed E-state index contributed by atoms with van der Waals surface area (Å²) in [5, 5.41) is 0. The molecule has 0 atom stereocenters. The van der Waals surface area contributed by atoms with E-state index >= 15 is 0 Å². The van der Waals surface area contributed by atoms with Crippen molar-refractivity contribution in [2.75, 3.05) is 0 Å². The molecule has 0 spiro atoms. The number of hydrogen-bond donors (Lipinski definition) is 1. The SMILES string of the molecule is CC(=O)NN([Si](C)(C)C)[Si](C)(C)C. The van der Waals surface area contributed by atoms with Gasteiger partial charge in [0, 0.05) is 6.92 Å². The van der Waals surface area contributed by atoms with Gasteiger partial charge in [-0.15, -0.1) is 0 Å². The monoisotopic (exact) mass is 218 g/mol. The molecule has 0 aliphatic heterocycles. The van der Waals surface area contributed by atoms with Crippen molar-refractivity contribution in [1.82, 2.24) is 9.77 Å². The van der Waals surface area contributed by atoms with E-state index in [-0.39, 0.29) is 5.91 Å². The molecule has 0 saturated carbocycles. The first kappa shape index (κ1) is 12.9. The Bertz CT molecular complexity index is 179. The van der Waals surface area contributed by atoms with E-state index in [0.29, 0.717) is 0 Å². The van der Waals surface area contributed by atoms with Gasteiger partial charge in [-0.3, -0.25) is 9.13 Å². The molecule has 0 bridgehead atoms. The molecule has 5 heteroatoms. The lowest BCUT2D eigenvalue weighted by Crippen LogP contribution is -2.66. The Morgan fingerprint density at radius 3 is 1.38 bits per heavy atom. The van der Waals surface area contributed by atoms with E-state index in [9.17, 15) is 4.79 Å². The topological polar surface area (TPSA) is 32.3 Å². The molecule has 0 aromatic heterocycles. The summed E-state index contributed by atoms with van der Waals surface area (Å²) < 4.78 is 2.25. The van der Waals surface area contributed by atoms with Gasteiger partial charge in [0.2, 0.25) is 5.91 Å². The van der Waals surface area contributed by atoms with E-state index in [1.54, 1.807) is 6.92 Å². The first-order valence-corrected chi connectivity index (χ1v) is 11.5. The average Bonchev–Trinajstić information content (AvgIpc) is 1.77. The minimum Gasteiger partial charge on any atom is -0.302 e. The fourth-order valence-corrected chi connectivity index (χ4v) is 10.5. The Labute approximate surface area is 83.7 Å². The van der Waals surface area contributed by atoms with Gasteiger partial charge in [0.25, 0.3) is 0 Å². The molecular formula is C8H22N2OSi2. The second-order valence-corrected chi connectivity index (χ2v) is 15.4. The van der Waals surface area contributed by atoms with E-state index in [2.05, 4.69) is 49.0 Å². The van der Waals surface area contributed by atoms with Gasteiger partial charge in [-0.2, -0.15) is 0 Å². The van der Waals surface area contributed by atoms with Gasteiger partial charge in [0.15, 0.2) is 0 Å². The molecule has 0 heterocycles. The summed E-state index contributed by atoms with van der Waals surface area (Å²) in [6.45, 7) is 15.1. The predicted octanol–water partition coefficient (Wildman–Crippen LogP) is 2.01. The maximum Gasteiger partial charge on any atom is 0.230 e. The summed E-state index contributed by atoms with van der Waals surface area (Å²) in [4.78, 5) is 11.0. The Balaban J connectivity index is 4.68. The average molecular weight is 218 g/mol. The van der Waals surface area contributed by atoms with Crippen molar-refractivity contribution in [3.63, 3.8) is 0 Å². The highest BCUT2D eigenvalue weighted by Crippen LogP contribution is 2.16. The summed E-state index contributed by atoms with van der Waals surface area (Å²) in [5.41, 5.74) is 2.98. The third-order valence-corrected chi connectivity index (χ3v) is 8.54. The Kier molecular flexibility index (Phi) is 3.89. The molecule has 0 aliphatic carbocycles. The maximum atomic E-state index is 11.0. The zero-order valence-electron chi connectivity index (χ0n) is 9.86. The number of carbonyl (C=O) groups excluding carboxylic acids is 1. The number of nitrogens with one attached hydrogen (secondary N) is 1. The van der Waals surface area contributed by atoms with Gasteiger partial charge in [-0.25, -0.2) is 0 Å². The van der Waals surface area contributed by atoms with Crippen LogP contribution in [0.1, 0.15) is 6.92 Å². The predicted molar refractivity (Wildman–Crippen MR) is 62.3 cm³/mol. The number of carbonyl (C=O) groups is 1. The van der Waals surface area contributed by atoms with Crippen LogP contribution in [0, 0.1) is 0 Å². The van der Waals surface area contributed by atoms with Gasteiger partial charge in [0.1, 0.15) is 16.5 Å². The maximum absolute atomic E-state index is 11.0. The molecule has 0 saturated heterocycles. The molecule has 0 fully saturated rings. The van der Waals surface area contributed by atoms with Crippen LogP contribution in [0.3, 0.4) is 0 Å². The number of nitrogens with zero attached hydrogens (tertiary/aromatic N) is 1. The van der Waals surface area contributed by atoms with Crippen LogP contribution in [0.25, 0.3) is 0 Å². The minimum absolute atomic E-state index is 0.0462. The van der Waals surface area contributed by atoms with Crippen LogP contribution in [0.4, 0.5) is 0 Å². The lowest BCUT2D eigenvalue weighted by atomic mass is 10.8. The van der Waals surface area contributed by atoms with Crippen LogP contribution in [-0.4, -0.2) is 26.7 Å². The largest absolute Gasteiger partial charge is 0.302 e. The molecule has 0 rings (SSSR count). The number of hydrazine groups is 1. The molecule has 3 nitrogen and oxygen atoms in total. The van der Waals surface area contributed by atoms with Gasteiger partial charge in [-0.1, -0.05) is 39.3 Å². The summed E-state index contributed by atoms with van der Waals surface area (Å²) >= 11 is 0. The fourth-order valence-electron chi connectivity index (χ4n) is 1.50. The minimum atomic E-state index is -1.42. The van der Waals surface area contributed by atoms with Crippen LogP contribution in [0.2, 0.25) is 39.3 Å². The van der Waals surface area contributed by atoms with Crippen molar-refractivity contribution < 1.29 is 4.79 Å². The Hall–Kier alpha value is -0.136. The third-order valence-electron chi connectivity index (χ3n) is 1.61. The van der Waals surface area contributed by atoms with Gasteiger partial charge < -0.3 is 5.43 Å². The molecule has 0 aromatic carbocycles.